The fourth-order valence-electron chi connectivity index (χ4n) is 2.49. The van der Waals surface area contributed by atoms with Crippen molar-refractivity contribution in [3.05, 3.63) is 29.3 Å². The Kier molecular flexibility index (Phi) is 7.43. The molecule has 0 spiro atoms. The van der Waals surface area contributed by atoms with E-state index in [2.05, 4.69) is 70.4 Å². The molecule has 3 heteroatoms. The first-order valence-electron chi connectivity index (χ1n) is 8.46. The lowest BCUT2D eigenvalue weighted by atomic mass is 9.92. The molecule has 0 aliphatic rings. The first-order valence-corrected chi connectivity index (χ1v) is 8.46. The molecule has 0 heterocycles. The largest absolute Gasteiger partial charge is 0.376 e. The van der Waals surface area contributed by atoms with Crippen molar-refractivity contribution in [1.29, 1.82) is 0 Å². The van der Waals surface area contributed by atoms with Crippen LogP contribution in [0.15, 0.2) is 18.2 Å². The number of para-hydroxylation sites is 1. The van der Waals surface area contributed by atoms with Crippen LogP contribution in [0.2, 0.25) is 0 Å². The smallest absolute Gasteiger partial charge is 0.239 e. The summed E-state index contributed by atoms with van der Waals surface area (Å²) in [7, 11) is 0. The van der Waals surface area contributed by atoms with Crippen LogP contribution in [0.5, 0.6) is 0 Å². The molecule has 0 atom stereocenters. The molecule has 1 aromatic rings. The van der Waals surface area contributed by atoms with Gasteiger partial charge in [0.05, 0.1) is 6.54 Å². The van der Waals surface area contributed by atoms with Crippen LogP contribution >= 0.6 is 0 Å². The van der Waals surface area contributed by atoms with Crippen molar-refractivity contribution in [2.45, 2.75) is 59.8 Å². The normalized spacial score (nSPS) is 11.3. The van der Waals surface area contributed by atoms with Crippen LogP contribution in [0.1, 0.15) is 70.9 Å². The summed E-state index contributed by atoms with van der Waals surface area (Å²) in [6.45, 7) is 14.2. The molecule has 1 amide bonds. The van der Waals surface area contributed by atoms with Gasteiger partial charge < -0.3 is 10.6 Å². The van der Waals surface area contributed by atoms with Crippen molar-refractivity contribution in [2.24, 2.45) is 5.92 Å². The SMILES string of the molecule is CC(C)CCNC(=O)CNc1c(C(C)C)cccc1C(C)C. The zero-order valence-corrected chi connectivity index (χ0v) is 15.0. The predicted molar refractivity (Wildman–Crippen MR) is 95.6 cm³/mol. The number of carbonyl (C=O) groups is 1. The van der Waals surface area contributed by atoms with E-state index in [0.29, 0.717) is 24.3 Å². The minimum atomic E-state index is 0.0638. The summed E-state index contributed by atoms with van der Waals surface area (Å²) in [6.07, 6.45) is 1.02. The van der Waals surface area contributed by atoms with E-state index in [1.807, 2.05) is 0 Å². The van der Waals surface area contributed by atoms with Crippen LogP contribution in [0.25, 0.3) is 0 Å². The molecule has 3 nitrogen and oxygen atoms in total. The Balaban J connectivity index is 2.73. The Morgan fingerprint density at radius 3 is 2.00 bits per heavy atom. The summed E-state index contributed by atoms with van der Waals surface area (Å²) >= 11 is 0. The number of hydrogen-bond acceptors (Lipinski definition) is 2. The number of nitrogens with one attached hydrogen (secondary N) is 2. The van der Waals surface area contributed by atoms with Gasteiger partial charge in [-0.2, -0.15) is 0 Å². The van der Waals surface area contributed by atoms with Gasteiger partial charge in [0.2, 0.25) is 5.91 Å². The van der Waals surface area contributed by atoms with Gasteiger partial charge >= 0.3 is 0 Å². The summed E-state index contributed by atoms with van der Waals surface area (Å²) < 4.78 is 0. The summed E-state index contributed by atoms with van der Waals surface area (Å²) in [5.74, 6) is 1.55. The maximum Gasteiger partial charge on any atom is 0.239 e. The molecule has 0 saturated carbocycles. The first kappa shape index (κ1) is 18.5. The van der Waals surface area contributed by atoms with Crippen molar-refractivity contribution >= 4 is 11.6 Å². The van der Waals surface area contributed by atoms with Gasteiger partial charge in [-0.15, -0.1) is 0 Å². The van der Waals surface area contributed by atoms with Gasteiger partial charge in [-0.25, -0.2) is 0 Å². The molecular formula is C19H32N2O. The highest BCUT2D eigenvalue weighted by Gasteiger charge is 2.14. The third-order valence-electron chi connectivity index (χ3n) is 3.84. The van der Waals surface area contributed by atoms with Gasteiger partial charge in [0.25, 0.3) is 0 Å². The summed E-state index contributed by atoms with van der Waals surface area (Å²) in [5.41, 5.74) is 3.69. The minimum absolute atomic E-state index is 0.0638. The second-order valence-corrected chi connectivity index (χ2v) is 7.01. The van der Waals surface area contributed by atoms with Crippen LogP contribution in [0, 0.1) is 5.92 Å². The average molecular weight is 304 g/mol. The van der Waals surface area contributed by atoms with E-state index >= 15 is 0 Å². The molecule has 0 fully saturated rings. The number of hydrogen-bond donors (Lipinski definition) is 2. The van der Waals surface area contributed by atoms with Gasteiger partial charge in [0, 0.05) is 12.2 Å². The van der Waals surface area contributed by atoms with Crippen molar-refractivity contribution in [3.8, 4) is 0 Å². The Morgan fingerprint density at radius 1 is 1.00 bits per heavy atom. The molecule has 0 aromatic heterocycles. The molecule has 0 unspecified atom stereocenters. The van der Waals surface area contributed by atoms with Crippen LogP contribution in [0.4, 0.5) is 5.69 Å². The highest BCUT2D eigenvalue weighted by Crippen LogP contribution is 2.32. The maximum absolute atomic E-state index is 12.0. The maximum atomic E-state index is 12.0. The lowest BCUT2D eigenvalue weighted by molar-refractivity contribution is -0.119. The van der Waals surface area contributed by atoms with Gasteiger partial charge in [0.1, 0.15) is 0 Å². The summed E-state index contributed by atoms with van der Waals surface area (Å²) in [5, 5.41) is 6.35. The standard InChI is InChI=1S/C19H32N2O/c1-13(2)10-11-20-18(22)12-21-19-16(14(3)4)8-7-9-17(19)15(5)6/h7-9,13-15,21H,10-12H2,1-6H3,(H,20,22). The average Bonchev–Trinajstić information content (AvgIpc) is 2.43. The van der Waals surface area contributed by atoms with E-state index in [9.17, 15) is 4.79 Å². The Morgan fingerprint density at radius 2 is 1.55 bits per heavy atom. The zero-order chi connectivity index (χ0) is 16.7. The lowest BCUT2D eigenvalue weighted by Gasteiger charge is -2.20. The second-order valence-electron chi connectivity index (χ2n) is 7.01. The van der Waals surface area contributed by atoms with Gasteiger partial charge in [-0.1, -0.05) is 59.7 Å². The van der Waals surface area contributed by atoms with Crippen molar-refractivity contribution in [3.63, 3.8) is 0 Å². The first-order chi connectivity index (χ1) is 10.3. The molecule has 1 rings (SSSR count). The van der Waals surface area contributed by atoms with Crippen molar-refractivity contribution < 1.29 is 4.79 Å². The fourth-order valence-corrected chi connectivity index (χ4v) is 2.49. The molecule has 2 N–H and O–H groups in total. The van der Waals surface area contributed by atoms with E-state index in [0.717, 1.165) is 18.7 Å². The molecule has 0 aliphatic heterocycles. The molecular weight excluding hydrogens is 272 g/mol. The molecule has 1 aromatic carbocycles. The topological polar surface area (TPSA) is 41.1 Å². The molecule has 0 aliphatic carbocycles. The summed E-state index contributed by atoms with van der Waals surface area (Å²) in [6, 6.07) is 6.41. The Hall–Kier alpha value is -1.51. The highest BCUT2D eigenvalue weighted by atomic mass is 16.1. The molecule has 0 radical (unpaired) electrons. The highest BCUT2D eigenvalue weighted by molar-refractivity contribution is 5.81. The van der Waals surface area contributed by atoms with Crippen molar-refractivity contribution in [1.82, 2.24) is 5.32 Å². The van der Waals surface area contributed by atoms with E-state index in [4.69, 9.17) is 0 Å². The molecule has 0 saturated heterocycles. The predicted octanol–water partition coefficient (Wildman–Crippen LogP) is 4.51. The fraction of sp³-hybridized carbons (Fsp3) is 0.632. The Bertz CT molecular complexity index is 452. The zero-order valence-electron chi connectivity index (χ0n) is 15.0. The lowest BCUT2D eigenvalue weighted by Crippen LogP contribution is -2.31. The van der Waals surface area contributed by atoms with Gasteiger partial charge in [-0.05, 0) is 35.3 Å². The Labute approximate surface area is 135 Å². The number of rotatable bonds is 8. The number of carbonyl (C=O) groups excluding carboxylic acids is 1. The molecule has 22 heavy (non-hydrogen) atoms. The van der Waals surface area contributed by atoms with Gasteiger partial charge in [0.15, 0.2) is 0 Å². The third kappa shape index (κ3) is 5.70. The number of benzene rings is 1. The third-order valence-corrected chi connectivity index (χ3v) is 3.84. The number of anilines is 1. The second kappa shape index (κ2) is 8.82. The minimum Gasteiger partial charge on any atom is -0.376 e. The van der Waals surface area contributed by atoms with Gasteiger partial charge in [-0.3, -0.25) is 4.79 Å². The van der Waals surface area contributed by atoms with E-state index in [-0.39, 0.29) is 5.91 Å². The van der Waals surface area contributed by atoms with Crippen molar-refractivity contribution in [2.75, 3.05) is 18.4 Å². The monoisotopic (exact) mass is 304 g/mol. The molecule has 0 bridgehead atoms. The van der Waals surface area contributed by atoms with E-state index < -0.39 is 0 Å². The van der Waals surface area contributed by atoms with Crippen LogP contribution < -0.4 is 10.6 Å². The summed E-state index contributed by atoms with van der Waals surface area (Å²) in [4.78, 5) is 12.0. The molecule has 124 valence electrons. The van der Waals surface area contributed by atoms with Crippen LogP contribution in [-0.2, 0) is 4.79 Å². The quantitative estimate of drug-likeness (QED) is 0.742. The van der Waals surface area contributed by atoms with E-state index in [1.165, 1.54) is 11.1 Å². The van der Waals surface area contributed by atoms with E-state index in [1.54, 1.807) is 0 Å². The van der Waals surface area contributed by atoms with Crippen LogP contribution in [0.3, 0.4) is 0 Å². The number of amides is 1. The van der Waals surface area contributed by atoms with Crippen LogP contribution in [-0.4, -0.2) is 19.0 Å².